The third-order valence-electron chi connectivity index (χ3n) is 4.22. The lowest BCUT2D eigenvalue weighted by atomic mass is 9.94. The summed E-state index contributed by atoms with van der Waals surface area (Å²) in [5, 5.41) is 12.7. The Balaban J connectivity index is 1.93. The number of fused-ring (bicyclic) bond motifs is 1. The summed E-state index contributed by atoms with van der Waals surface area (Å²) in [6.45, 7) is 2.12. The summed E-state index contributed by atoms with van der Waals surface area (Å²) in [5.74, 6) is 0.360. The molecule has 1 fully saturated rings. The standard InChI is InChI=1S/C15H20N2O2/c1-9(10-6-7-10)16-14-12(15(18)19)8-11-4-2-3-5-13(11)17-14/h8-10H,2-7H2,1H3,(H,16,17)(H,18,19). The second-order valence-electron chi connectivity index (χ2n) is 5.77. The van der Waals surface area contributed by atoms with Gasteiger partial charge >= 0.3 is 5.97 Å². The minimum Gasteiger partial charge on any atom is -0.478 e. The van der Waals surface area contributed by atoms with E-state index in [2.05, 4.69) is 17.2 Å². The normalized spacial score (nSPS) is 19.6. The van der Waals surface area contributed by atoms with Gasteiger partial charge in [0.15, 0.2) is 0 Å². The molecule has 0 bridgehead atoms. The lowest BCUT2D eigenvalue weighted by Crippen LogP contribution is -2.22. The lowest BCUT2D eigenvalue weighted by Gasteiger charge is -2.20. The number of carboxylic acid groups (broad SMARTS) is 1. The molecule has 1 atom stereocenters. The van der Waals surface area contributed by atoms with Gasteiger partial charge in [-0.25, -0.2) is 9.78 Å². The van der Waals surface area contributed by atoms with Crippen LogP contribution in [0.25, 0.3) is 0 Å². The Hall–Kier alpha value is -1.58. The zero-order valence-electron chi connectivity index (χ0n) is 11.3. The Morgan fingerprint density at radius 3 is 2.84 bits per heavy atom. The van der Waals surface area contributed by atoms with Crippen LogP contribution < -0.4 is 5.32 Å². The second-order valence-corrected chi connectivity index (χ2v) is 5.77. The van der Waals surface area contributed by atoms with Gasteiger partial charge in [-0.1, -0.05) is 0 Å². The molecule has 1 unspecified atom stereocenters. The van der Waals surface area contributed by atoms with E-state index in [1.807, 2.05) is 6.07 Å². The third-order valence-corrected chi connectivity index (χ3v) is 4.22. The van der Waals surface area contributed by atoms with Gasteiger partial charge in [0, 0.05) is 11.7 Å². The fourth-order valence-corrected chi connectivity index (χ4v) is 2.84. The van der Waals surface area contributed by atoms with Crippen LogP contribution in [0.4, 0.5) is 5.82 Å². The molecule has 0 amide bonds. The van der Waals surface area contributed by atoms with Crippen molar-refractivity contribution < 1.29 is 9.90 Å². The molecule has 2 N–H and O–H groups in total. The zero-order valence-corrected chi connectivity index (χ0v) is 11.3. The minimum absolute atomic E-state index is 0.312. The van der Waals surface area contributed by atoms with Gasteiger partial charge in [-0.15, -0.1) is 0 Å². The quantitative estimate of drug-likeness (QED) is 0.873. The summed E-state index contributed by atoms with van der Waals surface area (Å²) in [6.07, 6.45) is 6.70. The van der Waals surface area contributed by atoms with Crippen LogP contribution in [-0.2, 0) is 12.8 Å². The number of rotatable bonds is 4. The largest absolute Gasteiger partial charge is 0.478 e. The van der Waals surface area contributed by atoms with Gasteiger partial charge < -0.3 is 10.4 Å². The summed E-state index contributed by atoms with van der Waals surface area (Å²) >= 11 is 0. The van der Waals surface area contributed by atoms with E-state index in [9.17, 15) is 9.90 Å². The first-order chi connectivity index (χ1) is 9.15. The van der Waals surface area contributed by atoms with Crippen molar-refractivity contribution in [2.24, 2.45) is 5.92 Å². The molecule has 1 aromatic rings. The maximum absolute atomic E-state index is 11.4. The molecule has 4 heteroatoms. The smallest absolute Gasteiger partial charge is 0.339 e. The van der Waals surface area contributed by atoms with E-state index in [4.69, 9.17) is 0 Å². The number of aromatic carboxylic acids is 1. The third kappa shape index (κ3) is 2.57. The monoisotopic (exact) mass is 260 g/mol. The molecule has 1 saturated carbocycles. The molecule has 0 aliphatic heterocycles. The molecule has 0 saturated heterocycles. The molecular weight excluding hydrogens is 240 g/mol. The van der Waals surface area contributed by atoms with Crippen molar-refractivity contribution in [3.63, 3.8) is 0 Å². The van der Waals surface area contributed by atoms with Crippen molar-refractivity contribution in [1.29, 1.82) is 0 Å². The van der Waals surface area contributed by atoms with Gasteiger partial charge in [0.25, 0.3) is 0 Å². The molecule has 1 heterocycles. The zero-order chi connectivity index (χ0) is 13.4. The molecule has 0 aromatic carbocycles. The molecule has 3 rings (SSSR count). The van der Waals surface area contributed by atoms with Crippen LogP contribution in [0.3, 0.4) is 0 Å². The fraction of sp³-hybridized carbons (Fsp3) is 0.600. The first kappa shape index (κ1) is 12.5. The van der Waals surface area contributed by atoms with Gasteiger partial charge in [0.2, 0.25) is 0 Å². The Bertz CT molecular complexity index is 509. The number of nitrogens with zero attached hydrogens (tertiary/aromatic N) is 1. The summed E-state index contributed by atoms with van der Waals surface area (Å²) in [4.78, 5) is 16.0. The van der Waals surface area contributed by atoms with E-state index in [1.165, 1.54) is 12.8 Å². The van der Waals surface area contributed by atoms with Crippen LogP contribution in [0.5, 0.6) is 0 Å². The van der Waals surface area contributed by atoms with Crippen molar-refractivity contribution in [3.8, 4) is 0 Å². The Labute approximate surface area is 113 Å². The van der Waals surface area contributed by atoms with Crippen molar-refractivity contribution in [2.75, 3.05) is 5.32 Å². The SMILES string of the molecule is CC(Nc1nc2c(cc1C(=O)O)CCCC2)C1CC1. The predicted molar refractivity (Wildman–Crippen MR) is 73.6 cm³/mol. The number of nitrogens with one attached hydrogen (secondary N) is 1. The van der Waals surface area contributed by atoms with Crippen LogP contribution in [0.1, 0.15) is 54.2 Å². The molecule has 1 aromatic heterocycles. The topological polar surface area (TPSA) is 62.2 Å². The van der Waals surface area contributed by atoms with Gasteiger partial charge in [0.05, 0.1) is 0 Å². The number of pyridine rings is 1. The average Bonchev–Trinajstić information content (AvgIpc) is 3.22. The van der Waals surface area contributed by atoms with Gasteiger partial charge in [-0.3, -0.25) is 0 Å². The first-order valence-electron chi connectivity index (χ1n) is 7.18. The molecule has 102 valence electrons. The van der Waals surface area contributed by atoms with Gasteiger partial charge in [0.1, 0.15) is 11.4 Å². The van der Waals surface area contributed by atoms with E-state index in [-0.39, 0.29) is 0 Å². The molecule has 4 nitrogen and oxygen atoms in total. The lowest BCUT2D eigenvalue weighted by molar-refractivity contribution is 0.0697. The van der Waals surface area contributed by atoms with Crippen molar-refractivity contribution in [2.45, 2.75) is 51.5 Å². The van der Waals surface area contributed by atoms with E-state index < -0.39 is 5.97 Å². The van der Waals surface area contributed by atoms with Crippen molar-refractivity contribution >= 4 is 11.8 Å². The summed E-state index contributed by atoms with van der Waals surface area (Å²) in [7, 11) is 0. The van der Waals surface area contributed by atoms with Gasteiger partial charge in [-0.2, -0.15) is 0 Å². The molecule has 0 spiro atoms. The number of anilines is 1. The summed E-state index contributed by atoms with van der Waals surface area (Å²) in [6, 6.07) is 2.14. The van der Waals surface area contributed by atoms with Crippen LogP contribution in [0.15, 0.2) is 6.07 Å². The number of carboxylic acids is 1. The average molecular weight is 260 g/mol. The fourth-order valence-electron chi connectivity index (χ4n) is 2.84. The minimum atomic E-state index is -0.883. The maximum atomic E-state index is 11.4. The molecule has 0 radical (unpaired) electrons. The van der Waals surface area contributed by atoms with Crippen LogP contribution in [0, 0.1) is 5.92 Å². The van der Waals surface area contributed by atoms with Crippen molar-refractivity contribution in [1.82, 2.24) is 4.98 Å². The van der Waals surface area contributed by atoms with Crippen LogP contribution in [0.2, 0.25) is 0 Å². The molecule has 19 heavy (non-hydrogen) atoms. The molecule has 2 aliphatic rings. The van der Waals surface area contributed by atoms with E-state index in [1.54, 1.807) is 0 Å². The highest BCUT2D eigenvalue weighted by Gasteiger charge is 2.29. The Morgan fingerprint density at radius 1 is 1.42 bits per heavy atom. The highest BCUT2D eigenvalue weighted by atomic mass is 16.4. The predicted octanol–water partition coefficient (Wildman–Crippen LogP) is 2.87. The van der Waals surface area contributed by atoms with Gasteiger partial charge in [-0.05, 0) is 63.0 Å². The molecular formula is C15H20N2O2. The second kappa shape index (κ2) is 4.83. The number of hydrogen-bond acceptors (Lipinski definition) is 3. The number of hydrogen-bond donors (Lipinski definition) is 2. The van der Waals surface area contributed by atoms with E-state index >= 15 is 0 Å². The number of aryl methyl sites for hydroxylation is 2. The Morgan fingerprint density at radius 2 is 2.16 bits per heavy atom. The van der Waals surface area contributed by atoms with Crippen LogP contribution >= 0.6 is 0 Å². The van der Waals surface area contributed by atoms with E-state index in [0.717, 1.165) is 36.9 Å². The highest BCUT2D eigenvalue weighted by molar-refractivity contribution is 5.93. The first-order valence-corrected chi connectivity index (χ1v) is 7.18. The number of aromatic nitrogens is 1. The summed E-state index contributed by atoms with van der Waals surface area (Å²) < 4.78 is 0. The number of carbonyl (C=O) groups is 1. The van der Waals surface area contributed by atoms with Crippen LogP contribution in [-0.4, -0.2) is 22.1 Å². The van der Waals surface area contributed by atoms with E-state index in [0.29, 0.717) is 23.3 Å². The van der Waals surface area contributed by atoms with Crippen molar-refractivity contribution in [3.05, 3.63) is 22.9 Å². The maximum Gasteiger partial charge on any atom is 0.339 e. The highest BCUT2D eigenvalue weighted by Crippen LogP contribution is 2.34. The Kier molecular flexibility index (Phi) is 3.17. The summed E-state index contributed by atoms with van der Waals surface area (Å²) in [5.41, 5.74) is 2.53. The molecule has 2 aliphatic carbocycles.